The molecule has 0 saturated heterocycles. The first-order valence-electron chi connectivity index (χ1n) is 13.2. The van der Waals surface area contributed by atoms with Gasteiger partial charge in [-0.05, 0) is 42.7 Å². The summed E-state index contributed by atoms with van der Waals surface area (Å²) in [6.07, 6.45) is 1.62. The number of benzene rings is 3. The molecule has 0 aliphatic carbocycles. The molecule has 6 N–H and O–H groups in total. The van der Waals surface area contributed by atoms with Gasteiger partial charge in [-0.3, -0.25) is 13.8 Å². The Hall–Kier alpha value is -3.93. The molecule has 0 spiro atoms. The number of phenolic OH excluding ortho intramolecular Hbond substituents is 2. The summed E-state index contributed by atoms with van der Waals surface area (Å²) in [6, 6.07) is 13.5. The van der Waals surface area contributed by atoms with Crippen molar-refractivity contribution >= 4 is 19.7 Å². The van der Waals surface area contributed by atoms with E-state index in [-0.39, 0.29) is 48.3 Å². The molecule has 2 atom stereocenters. The molecule has 0 saturated carbocycles. The zero-order valence-corrected chi connectivity index (χ0v) is 23.6. The predicted octanol–water partition coefficient (Wildman–Crippen LogP) is 4.35. The number of amides is 1. The van der Waals surface area contributed by atoms with Gasteiger partial charge in [-0.1, -0.05) is 24.6 Å². The number of nitrogens with one attached hydrogen (secondary N) is 1. The number of rotatable bonds is 13. The summed E-state index contributed by atoms with van der Waals surface area (Å²) in [4.78, 5) is 34.6. The molecule has 1 aliphatic rings. The third-order valence-electron chi connectivity index (χ3n) is 6.98. The van der Waals surface area contributed by atoms with Gasteiger partial charge in [0, 0.05) is 60.9 Å². The van der Waals surface area contributed by atoms with Crippen molar-refractivity contribution in [2.45, 2.75) is 25.2 Å². The third kappa shape index (κ3) is 7.28. The lowest BCUT2D eigenvalue weighted by Gasteiger charge is -2.29. The smallest absolute Gasteiger partial charge is 0.471 e. The highest BCUT2D eigenvalue weighted by molar-refractivity contribution is 7.47. The number of hydrogen-bond acceptors (Lipinski definition) is 9. The second kappa shape index (κ2) is 13.4. The van der Waals surface area contributed by atoms with Gasteiger partial charge in [-0.25, -0.2) is 9.36 Å². The summed E-state index contributed by atoms with van der Waals surface area (Å²) in [7, 11) is -3.08. The summed E-state index contributed by atoms with van der Waals surface area (Å²) in [6.45, 7) is -0.115. The van der Waals surface area contributed by atoms with Crippen LogP contribution in [0.25, 0.3) is 0 Å². The molecule has 12 nitrogen and oxygen atoms in total. The number of phosphoric ester groups is 1. The Bertz CT molecular complexity index is 1460. The van der Waals surface area contributed by atoms with E-state index in [0.717, 1.165) is 7.11 Å². The van der Waals surface area contributed by atoms with Gasteiger partial charge >= 0.3 is 13.8 Å². The molecule has 1 aliphatic heterocycles. The quantitative estimate of drug-likeness (QED) is 0.0943. The number of aliphatic hydroxyl groups is 1. The third-order valence-corrected chi connectivity index (χ3v) is 7.92. The molecule has 42 heavy (non-hydrogen) atoms. The first kappa shape index (κ1) is 31.0. The average Bonchev–Trinajstić information content (AvgIpc) is 2.96. The fourth-order valence-electron chi connectivity index (χ4n) is 4.80. The van der Waals surface area contributed by atoms with Gasteiger partial charge in [0.1, 0.15) is 23.0 Å². The topological polar surface area (TPSA) is 192 Å². The van der Waals surface area contributed by atoms with E-state index in [4.69, 9.17) is 9.26 Å². The number of phenols is 2. The van der Waals surface area contributed by atoms with Crippen molar-refractivity contribution in [1.29, 1.82) is 0 Å². The summed E-state index contributed by atoms with van der Waals surface area (Å²) in [5.74, 6) is -2.13. The molecule has 1 heterocycles. The standard InChI is InChI=1S/C29H32NO11P/c1-39-42(37,38)40-16-17(15-31)4-2-3-11-30-28(34)18-5-8-21(24(12-18)29(35)36)27-22-9-6-19(32)13-25(22)41-26-14-20(33)7-10-23(26)27/h5-10,12-14,17,27,31-33H,2-4,11,15-16H2,1H3,(H,30,34)(H,35,36)(H,37,38). The average molecular weight is 602 g/mol. The van der Waals surface area contributed by atoms with Crippen molar-refractivity contribution in [2.75, 3.05) is 26.9 Å². The maximum atomic E-state index is 12.9. The van der Waals surface area contributed by atoms with Crippen molar-refractivity contribution in [3.05, 3.63) is 82.4 Å². The Kier molecular flexibility index (Phi) is 9.87. The minimum absolute atomic E-state index is 0.0381. The lowest BCUT2D eigenvalue weighted by atomic mass is 9.80. The molecule has 0 radical (unpaired) electrons. The van der Waals surface area contributed by atoms with Crippen molar-refractivity contribution < 1.29 is 53.3 Å². The van der Waals surface area contributed by atoms with Crippen molar-refractivity contribution in [2.24, 2.45) is 5.92 Å². The maximum absolute atomic E-state index is 12.9. The van der Waals surface area contributed by atoms with Crippen LogP contribution in [0, 0.1) is 5.92 Å². The predicted molar refractivity (Wildman–Crippen MR) is 150 cm³/mol. The van der Waals surface area contributed by atoms with E-state index in [9.17, 15) is 39.5 Å². The molecule has 4 rings (SSSR count). The number of carbonyl (C=O) groups is 2. The van der Waals surface area contributed by atoms with Crippen molar-refractivity contribution in [1.82, 2.24) is 5.32 Å². The van der Waals surface area contributed by atoms with Crippen molar-refractivity contribution in [3.8, 4) is 23.0 Å². The molecule has 0 fully saturated rings. The van der Waals surface area contributed by atoms with Gasteiger partial charge < -0.3 is 35.4 Å². The SMILES string of the molecule is COP(=O)(O)OCC(CO)CCCCNC(=O)c1ccc(C2c3ccc(O)cc3Oc3cc(O)ccc32)c(C(=O)O)c1. The number of unbranched alkanes of at least 4 members (excludes halogenated alkanes) is 1. The Morgan fingerprint density at radius 1 is 0.976 bits per heavy atom. The molecule has 13 heteroatoms. The molecule has 3 aromatic carbocycles. The van der Waals surface area contributed by atoms with Crippen LogP contribution >= 0.6 is 7.82 Å². The number of aliphatic hydroxyl groups excluding tert-OH is 1. The monoisotopic (exact) mass is 601 g/mol. The van der Waals surface area contributed by atoms with E-state index in [2.05, 4.69) is 9.84 Å². The number of carboxylic acids is 1. The fourth-order valence-corrected chi connectivity index (χ4v) is 5.30. The summed E-state index contributed by atoms with van der Waals surface area (Å²) >= 11 is 0. The molecule has 0 bridgehead atoms. The second-order valence-electron chi connectivity index (χ2n) is 9.83. The number of carboxylic acid groups (broad SMARTS) is 1. The zero-order valence-electron chi connectivity index (χ0n) is 22.7. The van der Waals surface area contributed by atoms with E-state index in [1.165, 1.54) is 36.4 Å². The summed E-state index contributed by atoms with van der Waals surface area (Å²) < 4.78 is 26.5. The van der Waals surface area contributed by atoms with E-state index < -0.39 is 25.6 Å². The number of carbonyl (C=O) groups excluding carboxylic acids is 1. The van der Waals surface area contributed by atoms with Gasteiger partial charge in [-0.15, -0.1) is 0 Å². The highest BCUT2D eigenvalue weighted by Gasteiger charge is 2.32. The summed E-state index contributed by atoms with van der Waals surface area (Å²) in [5, 5.41) is 42.3. The molecule has 224 valence electrons. The van der Waals surface area contributed by atoms with E-state index in [0.29, 0.717) is 47.5 Å². The Morgan fingerprint density at radius 3 is 2.17 bits per heavy atom. The molecule has 2 unspecified atom stereocenters. The normalized spacial score (nSPS) is 14.6. The van der Waals surface area contributed by atoms with Crippen LogP contribution in [0.4, 0.5) is 0 Å². The number of aromatic hydroxyl groups is 2. The Balaban J connectivity index is 1.47. The van der Waals surface area contributed by atoms with Crippen LogP contribution < -0.4 is 10.1 Å². The second-order valence-corrected chi connectivity index (χ2v) is 11.4. The summed E-state index contributed by atoms with van der Waals surface area (Å²) in [5.41, 5.74) is 1.69. The minimum Gasteiger partial charge on any atom is -0.508 e. The number of hydrogen-bond donors (Lipinski definition) is 6. The van der Waals surface area contributed by atoms with E-state index in [1.807, 2.05) is 0 Å². The zero-order chi connectivity index (χ0) is 30.4. The first-order valence-corrected chi connectivity index (χ1v) is 14.7. The molecular weight excluding hydrogens is 569 g/mol. The number of fused-ring (bicyclic) bond motifs is 2. The number of ether oxygens (including phenoxy) is 1. The number of phosphoric acid groups is 1. The van der Waals surface area contributed by atoms with Gasteiger partial charge in [0.2, 0.25) is 0 Å². The van der Waals surface area contributed by atoms with Crippen LogP contribution in [0.15, 0.2) is 54.6 Å². The number of aromatic carboxylic acids is 1. The Morgan fingerprint density at radius 2 is 1.60 bits per heavy atom. The van der Waals surface area contributed by atoms with Gasteiger partial charge in [0.25, 0.3) is 5.91 Å². The molecule has 3 aromatic rings. The lowest BCUT2D eigenvalue weighted by Crippen LogP contribution is -2.25. The molecule has 0 aromatic heterocycles. The van der Waals surface area contributed by atoms with E-state index in [1.54, 1.807) is 18.2 Å². The van der Waals surface area contributed by atoms with Crippen molar-refractivity contribution in [3.63, 3.8) is 0 Å². The van der Waals surface area contributed by atoms with Gasteiger partial charge in [-0.2, -0.15) is 0 Å². The maximum Gasteiger partial charge on any atom is 0.471 e. The van der Waals surface area contributed by atoms with Crippen LogP contribution in [0.1, 0.15) is 62.6 Å². The highest BCUT2D eigenvalue weighted by Crippen LogP contribution is 2.49. The van der Waals surface area contributed by atoms with Crippen LogP contribution in [-0.4, -0.2) is 64.1 Å². The molecule has 1 amide bonds. The van der Waals surface area contributed by atoms with E-state index >= 15 is 0 Å². The van der Waals surface area contributed by atoms with Gasteiger partial charge in [0.05, 0.1) is 12.2 Å². The molecular formula is C29H32NO11P. The lowest BCUT2D eigenvalue weighted by molar-refractivity contribution is 0.0695. The van der Waals surface area contributed by atoms with Crippen LogP contribution in [0.3, 0.4) is 0 Å². The minimum atomic E-state index is -4.13. The Labute approximate surface area is 241 Å². The fraction of sp³-hybridized carbons (Fsp3) is 0.310. The van der Waals surface area contributed by atoms with Gasteiger partial charge in [0.15, 0.2) is 0 Å². The largest absolute Gasteiger partial charge is 0.508 e. The van der Waals surface area contributed by atoms with Crippen LogP contribution in [0.5, 0.6) is 23.0 Å². The first-order chi connectivity index (χ1) is 20.0. The highest BCUT2D eigenvalue weighted by atomic mass is 31.2. The van der Waals surface area contributed by atoms with Crippen LogP contribution in [-0.2, 0) is 13.6 Å². The van der Waals surface area contributed by atoms with Crippen LogP contribution in [0.2, 0.25) is 0 Å².